The highest BCUT2D eigenvalue weighted by molar-refractivity contribution is 6.05. The van der Waals surface area contributed by atoms with Gasteiger partial charge in [-0.05, 0) is 25.8 Å². The number of nitrogens with two attached hydrogens (primary N) is 1. The Morgan fingerprint density at radius 2 is 1.80 bits per heavy atom. The molecule has 0 radical (unpaired) electrons. The zero-order valence-electron chi connectivity index (χ0n) is 13.9. The number of rotatable bonds is 4. The molecule has 140 valence electrons. The molecule has 0 bridgehead atoms. The van der Waals surface area contributed by atoms with Crippen LogP contribution in [0.3, 0.4) is 0 Å². The number of Topliss-reactive ketones (excluding diaryl/α,β-unsaturated/α-hetero) is 1. The van der Waals surface area contributed by atoms with E-state index in [0.29, 0.717) is 29.3 Å². The summed E-state index contributed by atoms with van der Waals surface area (Å²) in [6.07, 6.45) is 1.80. The van der Waals surface area contributed by atoms with E-state index < -0.39 is 0 Å². The Hall–Kier alpha value is -1.54. The Morgan fingerprint density at radius 3 is 2.40 bits per heavy atom. The summed E-state index contributed by atoms with van der Waals surface area (Å²) < 4.78 is 10.6. The highest BCUT2D eigenvalue weighted by Crippen LogP contribution is 2.37. The normalized spacial score (nSPS) is 16.6. The van der Waals surface area contributed by atoms with E-state index in [0.717, 1.165) is 25.9 Å². The first kappa shape index (κ1) is 21.5. The van der Waals surface area contributed by atoms with Crippen molar-refractivity contribution in [1.82, 2.24) is 4.90 Å². The Morgan fingerprint density at radius 1 is 1.20 bits per heavy atom. The first-order chi connectivity index (χ1) is 11.0. The van der Waals surface area contributed by atoms with Crippen LogP contribution in [0.15, 0.2) is 12.1 Å². The number of nitrogens with one attached hydrogen (secondary N) is 1. The molecule has 25 heavy (non-hydrogen) atoms. The third kappa shape index (κ3) is 5.22. The maximum absolute atomic E-state index is 12.3. The van der Waals surface area contributed by atoms with E-state index >= 15 is 0 Å². The summed E-state index contributed by atoms with van der Waals surface area (Å²) in [6.45, 7) is 3.50. The molecule has 1 saturated heterocycles. The van der Waals surface area contributed by atoms with Gasteiger partial charge < -0.3 is 20.5 Å². The van der Waals surface area contributed by atoms with Crippen molar-refractivity contribution >= 4 is 42.2 Å². The fraction of sp³-hybridized carbons (Fsp3) is 0.500. The summed E-state index contributed by atoms with van der Waals surface area (Å²) in [5, 5.41) is 2.81. The highest BCUT2D eigenvalue weighted by atomic mass is 35.5. The molecule has 1 amide bonds. The molecule has 2 aliphatic heterocycles. The smallest absolute Gasteiger partial charge is 0.238 e. The summed E-state index contributed by atoms with van der Waals surface area (Å²) >= 11 is 0. The number of ketones is 1. The van der Waals surface area contributed by atoms with E-state index in [1.807, 2.05) is 0 Å². The number of benzene rings is 1. The van der Waals surface area contributed by atoms with Crippen LogP contribution in [0.25, 0.3) is 0 Å². The number of amides is 1. The first-order valence-electron chi connectivity index (χ1n) is 7.75. The van der Waals surface area contributed by atoms with Gasteiger partial charge in [0.05, 0.1) is 12.2 Å². The van der Waals surface area contributed by atoms with Crippen LogP contribution in [-0.2, 0) is 4.79 Å². The van der Waals surface area contributed by atoms with Crippen LogP contribution < -0.4 is 20.5 Å². The number of likely N-dealkylation sites (tertiary alicyclic amines) is 1. The van der Waals surface area contributed by atoms with E-state index in [2.05, 4.69) is 10.2 Å². The average Bonchev–Trinajstić information content (AvgIpc) is 2.96. The number of nitrogens with zero attached hydrogens (tertiary/aromatic N) is 1. The van der Waals surface area contributed by atoms with Crippen LogP contribution in [0, 0.1) is 0 Å². The van der Waals surface area contributed by atoms with E-state index in [1.54, 1.807) is 12.1 Å². The molecule has 7 nitrogen and oxygen atoms in total. The molecule has 3 rings (SSSR count). The van der Waals surface area contributed by atoms with Gasteiger partial charge in [-0.3, -0.25) is 14.5 Å². The lowest BCUT2D eigenvalue weighted by Gasteiger charge is -2.29. The molecule has 0 saturated carbocycles. The molecular formula is C16H23Cl2N3O4. The predicted molar refractivity (Wildman–Crippen MR) is 99.3 cm³/mol. The van der Waals surface area contributed by atoms with Gasteiger partial charge in [-0.1, -0.05) is 0 Å². The third-order valence-electron chi connectivity index (χ3n) is 4.17. The fourth-order valence-corrected chi connectivity index (χ4v) is 2.84. The Balaban J connectivity index is 0.00000156. The second kappa shape index (κ2) is 9.24. The van der Waals surface area contributed by atoms with Gasteiger partial charge >= 0.3 is 0 Å². The molecule has 0 spiro atoms. The van der Waals surface area contributed by atoms with Crippen LogP contribution in [0.1, 0.15) is 30.1 Å². The van der Waals surface area contributed by atoms with E-state index in [-0.39, 0.29) is 49.3 Å². The molecule has 2 aliphatic rings. The number of fused-ring (bicyclic) bond motifs is 1. The molecule has 1 aromatic carbocycles. The standard InChI is InChI=1S/C16H21N3O4.2ClH/c1-10(20)12-6-14-15(23-9-22-14)7-13(12)18-16(21)8-19-4-2-11(17)3-5-19;;/h6-7,11H,2-5,8-9,17H2,1H3,(H,18,21);2*1H. The molecular weight excluding hydrogens is 369 g/mol. The number of piperidine rings is 1. The van der Waals surface area contributed by atoms with Crippen molar-refractivity contribution < 1.29 is 19.1 Å². The van der Waals surface area contributed by atoms with Crippen LogP contribution in [0.5, 0.6) is 11.5 Å². The van der Waals surface area contributed by atoms with Gasteiger partial charge in [0.25, 0.3) is 0 Å². The van der Waals surface area contributed by atoms with Crippen molar-refractivity contribution in [2.45, 2.75) is 25.8 Å². The Labute approximate surface area is 159 Å². The maximum atomic E-state index is 12.3. The topological polar surface area (TPSA) is 93.9 Å². The molecule has 1 aromatic rings. The summed E-state index contributed by atoms with van der Waals surface area (Å²) in [6, 6.07) is 3.48. The van der Waals surface area contributed by atoms with Crippen LogP contribution in [0.2, 0.25) is 0 Å². The molecule has 0 unspecified atom stereocenters. The van der Waals surface area contributed by atoms with Gasteiger partial charge in [-0.2, -0.15) is 0 Å². The SMILES string of the molecule is CC(=O)c1cc2c(cc1NC(=O)CN1CCC(N)CC1)OCO2.Cl.Cl. The maximum Gasteiger partial charge on any atom is 0.238 e. The van der Waals surface area contributed by atoms with Gasteiger partial charge in [0.15, 0.2) is 17.3 Å². The summed E-state index contributed by atoms with van der Waals surface area (Å²) in [7, 11) is 0. The van der Waals surface area contributed by atoms with Crippen LogP contribution in [-0.4, -0.2) is 49.1 Å². The van der Waals surface area contributed by atoms with E-state index in [1.165, 1.54) is 6.92 Å². The van der Waals surface area contributed by atoms with Crippen molar-refractivity contribution in [3.05, 3.63) is 17.7 Å². The van der Waals surface area contributed by atoms with Gasteiger partial charge in [0.1, 0.15) is 0 Å². The minimum absolute atomic E-state index is 0. The quantitative estimate of drug-likeness (QED) is 0.760. The summed E-state index contributed by atoms with van der Waals surface area (Å²) in [5.74, 6) is 0.775. The molecule has 1 fully saturated rings. The second-order valence-corrected chi connectivity index (χ2v) is 5.97. The number of carbonyl (C=O) groups excluding carboxylic acids is 2. The van der Waals surface area contributed by atoms with Crippen molar-refractivity contribution in [3.63, 3.8) is 0 Å². The predicted octanol–water partition coefficient (Wildman–Crippen LogP) is 1.82. The number of anilines is 1. The molecule has 0 atom stereocenters. The fourth-order valence-electron chi connectivity index (χ4n) is 2.84. The first-order valence-corrected chi connectivity index (χ1v) is 7.75. The number of hydrogen-bond acceptors (Lipinski definition) is 6. The zero-order valence-corrected chi connectivity index (χ0v) is 15.6. The summed E-state index contributed by atoms with van der Waals surface area (Å²) in [4.78, 5) is 26.1. The minimum Gasteiger partial charge on any atom is -0.454 e. The molecule has 0 aromatic heterocycles. The number of carbonyl (C=O) groups is 2. The average molecular weight is 392 g/mol. The summed E-state index contributed by atoms with van der Waals surface area (Å²) in [5.41, 5.74) is 6.74. The lowest BCUT2D eigenvalue weighted by Crippen LogP contribution is -2.43. The van der Waals surface area contributed by atoms with Crippen molar-refractivity contribution in [3.8, 4) is 11.5 Å². The Kier molecular flexibility index (Phi) is 7.95. The second-order valence-electron chi connectivity index (χ2n) is 5.97. The zero-order chi connectivity index (χ0) is 16.4. The van der Waals surface area contributed by atoms with Gasteiger partial charge in [-0.25, -0.2) is 0 Å². The molecule has 9 heteroatoms. The largest absolute Gasteiger partial charge is 0.454 e. The lowest BCUT2D eigenvalue weighted by molar-refractivity contribution is -0.117. The van der Waals surface area contributed by atoms with E-state index in [4.69, 9.17) is 15.2 Å². The molecule has 2 heterocycles. The third-order valence-corrected chi connectivity index (χ3v) is 4.17. The van der Waals surface area contributed by atoms with Gasteiger partial charge in [0.2, 0.25) is 12.7 Å². The monoisotopic (exact) mass is 391 g/mol. The van der Waals surface area contributed by atoms with E-state index in [9.17, 15) is 9.59 Å². The van der Waals surface area contributed by atoms with Crippen LogP contribution in [0.4, 0.5) is 5.69 Å². The molecule has 0 aliphatic carbocycles. The molecule has 3 N–H and O–H groups in total. The van der Waals surface area contributed by atoms with Crippen molar-refractivity contribution in [2.24, 2.45) is 5.73 Å². The van der Waals surface area contributed by atoms with Crippen LogP contribution >= 0.6 is 24.8 Å². The lowest BCUT2D eigenvalue weighted by atomic mass is 10.1. The van der Waals surface area contributed by atoms with Gasteiger partial charge in [-0.15, -0.1) is 24.8 Å². The number of hydrogen-bond donors (Lipinski definition) is 2. The minimum atomic E-state index is -0.151. The number of ether oxygens (including phenoxy) is 2. The highest BCUT2D eigenvalue weighted by Gasteiger charge is 2.22. The number of halogens is 2. The van der Waals surface area contributed by atoms with Crippen molar-refractivity contribution in [1.29, 1.82) is 0 Å². The Bertz CT molecular complexity index is 634. The van der Waals surface area contributed by atoms with Crippen molar-refractivity contribution in [2.75, 3.05) is 31.7 Å². The van der Waals surface area contributed by atoms with Gasteiger partial charge in [0, 0.05) is 30.8 Å².